The number of hydrogen-bond donors (Lipinski definition) is 1. The van der Waals surface area contributed by atoms with Gasteiger partial charge in [0, 0.05) is 25.1 Å². The topological polar surface area (TPSA) is 64.6 Å². The number of Topliss-reactive ketones (excluding diaryl/α,β-unsaturated/α-hetero) is 1. The predicted molar refractivity (Wildman–Crippen MR) is 202 cm³/mol. The summed E-state index contributed by atoms with van der Waals surface area (Å²) in [7, 11) is 0. The highest BCUT2D eigenvalue weighted by molar-refractivity contribution is 5.94. The van der Waals surface area contributed by atoms with Gasteiger partial charge in [0.25, 0.3) is 5.91 Å². The van der Waals surface area contributed by atoms with Crippen molar-refractivity contribution >= 4 is 11.7 Å². The molecule has 1 unspecified atom stereocenters. The van der Waals surface area contributed by atoms with Crippen LogP contribution in [0.4, 0.5) is 0 Å². The summed E-state index contributed by atoms with van der Waals surface area (Å²) in [5.74, 6) is 1.12. The summed E-state index contributed by atoms with van der Waals surface area (Å²) in [6, 6.07) is 17.4. The third kappa shape index (κ3) is 20.9. The average molecular weight is 660 g/mol. The van der Waals surface area contributed by atoms with Crippen molar-refractivity contribution in [2.24, 2.45) is 0 Å². The molecule has 48 heavy (non-hydrogen) atoms. The van der Waals surface area contributed by atoms with E-state index in [-0.39, 0.29) is 12.0 Å². The molecule has 2 aromatic rings. The third-order valence-corrected chi connectivity index (χ3v) is 8.80. The van der Waals surface area contributed by atoms with E-state index in [1.165, 1.54) is 88.2 Å². The Labute approximate surface area is 293 Å². The van der Waals surface area contributed by atoms with Crippen molar-refractivity contribution in [3.8, 4) is 5.75 Å². The Morgan fingerprint density at radius 3 is 1.81 bits per heavy atom. The molecule has 0 fully saturated rings. The number of benzene rings is 2. The second-order valence-electron chi connectivity index (χ2n) is 13.6. The fourth-order valence-electron chi connectivity index (χ4n) is 5.72. The summed E-state index contributed by atoms with van der Waals surface area (Å²) < 4.78 is 12.4. The van der Waals surface area contributed by atoms with E-state index in [4.69, 9.17) is 9.47 Å². The van der Waals surface area contributed by atoms with Crippen LogP contribution >= 0.6 is 0 Å². The first-order valence-corrected chi connectivity index (χ1v) is 18.8. The van der Waals surface area contributed by atoms with Gasteiger partial charge in [-0.2, -0.15) is 0 Å². The number of carbonyl (C=O) groups is 2. The largest absolute Gasteiger partial charge is 0.490 e. The number of carbonyl (C=O) groups excluding carboxylic acids is 2. The minimum absolute atomic E-state index is 0.0428. The predicted octanol–water partition coefficient (Wildman–Crippen LogP) is 11.2. The number of ketones is 1. The van der Waals surface area contributed by atoms with E-state index in [1.807, 2.05) is 42.5 Å². The summed E-state index contributed by atoms with van der Waals surface area (Å²) >= 11 is 0. The highest BCUT2D eigenvalue weighted by Crippen LogP contribution is 2.17. The van der Waals surface area contributed by atoms with Crippen LogP contribution in [0.3, 0.4) is 0 Å². The Kier molecular flexibility index (Phi) is 22.8. The first-order valence-electron chi connectivity index (χ1n) is 18.8. The molecule has 0 radical (unpaired) electrons. The highest BCUT2D eigenvalue weighted by atomic mass is 16.5. The van der Waals surface area contributed by atoms with Gasteiger partial charge in [-0.3, -0.25) is 4.79 Å². The van der Waals surface area contributed by atoms with Crippen molar-refractivity contribution in [1.29, 1.82) is 0 Å². The Morgan fingerprint density at radius 1 is 0.688 bits per heavy atom. The molecule has 1 amide bonds. The molecule has 5 nitrogen and oxygen atoms in total. The lowest BCUT2D eigenvalue weighted by Crippen LogP contribution is -2.25. The zero-order valence-corrected chi connectivity index (χ0v) is 30.7. The van der Waals surface area contributed by atoms with Gasteiger partial charge in [0.15, 0.2) is 0 Å². The first kappa shape index (κ1) is 41.0. The Morgan fingerprint density at radius 2 is 1.25 bits per heavy atom. The lowest BCUT2D eigenvalue weighted by Gasteiger charge is -2.18. The molecule has 0 aromatic heterocycles. The molecule has 0 spiro atoms. The minimum atomic E-state index is -0.0428. The van der Waals surface area contributed by atoms with Gasteiger partial charge in [0.1, 0.15) is 18.1 Å². The number of rotatable bonds is 28. The van der Waals surface area contributed by atoms with Gasteiger partial charge in [-0.25, -0.2) is 0 Å². The van der Waals surface area contributed by atoms with E-state index in [0.717, 1.165) is 50.0 Å². The maximum atomic E-state index is 12.2. The van der Waals surface area contributed by atoms with Crippen molar-refractivity contribution in [2.75, 3.05) is 19.8 Å². The molecule has 0 bridgehead atoms. The average Bonchev–Trinajstić information content (AvgIpc) is 3.08. The molecular formula is C43H65NO4. The molecule has 1 N–H and O–H groups in total. The van der Waals surface area contributed by atoms with E-state index in [1.54, 1.807) is 6.92 Å². The number of ether oxygens (including phenoxy) is 2. The fourth-order valence-corrected chi connectivity index (χ4v) is 5.72. The normalized spacial score (nSPS) is 12.0. The van der Waals surface area contributed by atoms with Crippen LogP contribution in [-0.2, 0) is 16.0 Å². The van der Waals surface area contributed by atoms with E-state index in [9.17, 15) is 9.59 Å². The van der Waals surface area contributed by atoms with E-state index >= 15 is 0 Å². The fraction of sp³-hybridized carbons (Fsp3) is 0.581. The third-order valence-electron chi connectivity index (χ3n) is 8.80. The standard InChI is InChI=1S/C43H65NO4/c1-36(2)25-30-42(48-34-21-16-14-12-10-8-6-5-7-9-11-13-15-18-22-38(4)45)37(3)32-35-47-41-28-26-39(27-29-41)31-33-44-43(46)40-23-19-17-20-24-40/h17,19-20,23-29,32,42H,5-16,18,21-22,30-31,33-35H2,1-4H3,(H,44,46). The van der Waals surface area contributed by atoms with Crippen molar-refractivity contribution < 1.29 is 19.1 Å². The lowest BCUT2D eigenvalue weighted by atomic mass is 10.0. The van der Waals surface area contributed by atoms with Crippen LogP contribution in [0.15, 0.2) is 77.9 Å². The SMILES string of the molecule is CC(=O)CCCCCCCCCCCCCCCCOC(CC=C(C)C)C(C)=CCOc1ccc(CCNC(=O)c2ccccc2)cc1. The summed E-state index contributed by atoms with van der Waals surface area (Å²) in [6.45, 7) is 10.0. The minimum Gasteiger partial charge on any atom is -0.490 e. The van der Waals surface area contributed by atoms with Gasteiger partial charge in [0.05, 0.1) is 6.10 Å². The highest BCUT2D eigenvalue weighted by Gasteiger charge is 2.10. The molecule has 0 saturated carbocycles. The van der Waals surface area contributed by atoms with Gasteiger partial charge >= 0.3 is 0 Å². The molecule has 0 heterocycles. The maximum absolute atomic E-state index is 12.2. The van der Waals surface area contributed by atoms with E-state index in [2.05, 4.69) is 50.4 Å². The summed E-state index contributed by atoms with van der Waals surface area (Å²) in [5.41, 5.74) is 4.37. The van der Waals surface area contributed by atoms with Gasteiger partial charge in [-0.15, -0.1) is 0 Å². The second kappa shape index (κ2) is 26.7. The monoisotopic (exact) mass is 659 g/mol. The Balaban J connectivity index is 1.56. The van der Waals surface area contributed by atoms with Crippen LogP contribution in [0.25, 0.3) is 0 Å². The van der Waals surface area contributed by atoms with Crippen LogP contribution < -0.4 is 10.1 Å². The van der Waals surface area contributed by atoms with Crippen molar-refractivity contribution in [3.05, 3.63) is 89.0 Å². The smallest absolute Gasteiger partial charge is 0.251 e. The van der Waals surface area contributed by atoms with Crippen LogP contribution in [0.1, 0.15) is 146 Å². The van der Waals surface area contributed by atoms with Crippen LogP contribution in [0, 0.1) is 0 Å². The van der Waals surface area contributed by atoms with Crippen LogP contribution in [-0.4, -0.2) is 37.6 Å². The molecule has 0 aliphatic heterocycles. The lowest BCUT2D eigenvalue weighted by molar-refractivity contribution is -0.117. The zero-order valence-electron chi connectivity index (χ0n) is 30.7. The van der Waals surface area contributed by atoms with E-state index in [0.29, 0.717) is 24.5 Å². The van der Waals surface area contributed by atoms with Gasteiger partial charge < -0.3 is 19.6 Å². The molecular weight excluding hydrogens is 594 g/mol. The number of hydrogen-bond acceptors (Lipinski definition) is 4. The van der Waals surface area contributed by atoms with Gasteiger partial charge in [-0.1, -0.05) is 119 Å². The molecule has 0 aliphatic carbocycles. The Bertz CT molecular complexity index is 1180. The summed E-state index contributed by atoms with van der Waals surface area (Å²) in [5, 5.41) is 2.98. The number of allylic oxidation sites excluding steroid dienone is 1. The van der Waals surface area contributed by atoms with E-state index < -0.39 is 0 Å². The first-order chi connectivity index (χ1) is 23.3. The van der Waals surface area contributed by atoms with Crippen molar-refractivity contribution in [1.82, 2.24) is 5.32 Å². The number of nitrogens with one attached hydrogen (secondary N) is 1. The van der Waals surface area contributed by atoms with Crippen molar-refractivity contribution in [3.63, 3.8) is 0 Å². The van der Waals surface area contributed by atoms with Gasteiger partial charge in [0.2, 0.25) is 0 Å². The molecule has 0 saturated heterocycles. The Hall–Kier alpha value is -3.18. The molecule has 2 rings (SSSR count). The molecule has 266 valence electrons. The summed E-state index contributed by atoms with van der Waals surface area (Å²) in [6.07, 6.45) is 25.0. The van der Waals surface area contributed by atoms with Crippen molar-refractivity contribution in [2.45, 2.75) is 143 Å². The van der Waals surface area contributed by atoms with Crippen LogP contribution in [0.2, 0.25) is 0 Å². The van der Waals surface area contributed by atoms with Gasteiger partial charge in [-0.05, 0) is 94.9 Å². The second-order valence-corrected chi connectivity index (χ2v) is 13.6. The zero-order chi connectivity index (χ0) is 34.7. The molecule has 5 heteroatoms. The summed E-state index contributed by atoms with van der Waals surface area (Å²) in [4.78, 5) is 23.2. The molecule has 0 aliphatic rings. The number of unbranched alkanes of at least 4 members (excludes halogenated alkanes) is 13. The quantitative estimate of drug-likeness (QED) is 0.0729. The number of amides is 1. The maximum Gasteiger partial charge on any atom is 0.251 e. The van der Waals surface area contributed by atoms with Crippen LogP contribution in [0.5, 0.6) is 5.75 Å². The molecule has 2 aromatic carbocycles. The molecule has 1 atom stereocenters.